The lowest BCUT2D eigenvalue weighted by atomic mass is 9.79. The number of nitrogens with zero attached hydrogens (tertiary/aromatic N) is 3. The number of hydrogen-bond acceptors (Lipinski definition) is 5. The molecule has 0 aliphatic heterocycles. The largest absolute Gasteiger partial charge is 0.342 e. The Bertz CT molecular complexity index is 371. The van der Waals surface area contributed by atoms with Gasteiger partial charge in [-0.15, -0.1) is 0 Å². The fraction of sp³-hybridized carbons (Fsp3) is 0.846. The van der Waals surface area contributed by atoms with E-state index in [9.17, 15) is 0 Å². The van der Waals surface area contributed by atoms with Gasteiger partial charge in [0, 0.05) is 25.6 Å². The van der Waals surface area contributed by atoms with Crippen molar-refractivity contribution in [1.82, 2.24) is 15.5 Å². The summed E-state index contributed by atoms with van der Waals surface area (Å²) in [5.41, 5.74) is 0.160. The van der Waals surface area contributed by atoms with Crippen LogP contribution in [0.1, 0.15) is 44.9 Å². The Balaban J connectivity index is 2.05. The summed E-state index contributed by atoms with van der Waals surface area (Å²) in [7, 11) is 4.02. The molecule has 0 radical (unpaired) electrons. The molecule has 102 valence electrons. The average molecular weight is 252 g/mol. The average Bonchev–Trinajstić information content (AvgIpc) is 2.87. The third-order valence-corrected chi connectivity index (χ3v) is 4.10. The van der Waals surface area contributed by atoms with Gasteiger partial charge in [0.05, 0.1) is 0 Å². The van der Waals surface area contributed by atoms with E-state index in [1.54, 1.807) is 0 Å². The smallest absolute Gasteiger partial charge is 0.265 e. The fourth-order valence-corrected chi connectivity index (χ4v) is 2.65. The number of aromatic nitrogens is 2. The van der Waals surface area contributed by atoms with Gasteiger partial charge in [0.1, 0.15) is 0 Å². The lowest BCUT2D eigenvalue weighted by molar-refractivity contribution is 0.221. The predicted molar refractivity (Wildman–Crippen MR) is 71.8 cm³/mol. The molecule has 1 N–H and O–H groups in total. The van der Waals surface area contributed by atoms with Crippen molar-refractivity contribution < 1.29 is 4.52 Å². The summed E-state index contributed by atoms with van der Waals surface area (Å²) in [5, 5.41) is 7.51. The minimum Gasteiger partial charge on any atom is -0.342 e. The molecule has 18 heavy (non-hydrogen) atoms. The molecule has 0 amide bonds. The molecule has 0 atom stereocenters. The Morgan fingerprint density at radius 1 is 1.33 bits per heavy atom. The lowest BCUT2D eigenvalue weighted by Crippen LogP contribution is -2.46. The van der Waals surface area contributed by atoms with E-state index in [1.165, 1.54) is 32.1 Å². The SMILES string of the molecule is CCN(C)c1noc(CC2(NC)CCCCC2)n1. The molecule has 5 nitrogen and oxygen atoms in total. The molecular weight excluding hydrogens is 228 g/mol. The van der Waals surface area contributed by atoms with Gasteiger partial charge in [-0.3, -0.25) is 0 Å². The van der Waals surface area contributed by atoms with Crippen LogP contribution in [-0.4, -0.2) is 36.3 Å². The Labute approximate surface area is 109 Å². The highest BCUT2D eigenvalue weighted by atomic mass is 16.5. The molecule has 1 aromatic heterocycles. The first-order valence-corrected chi connectivity index (χ1v) is 6.92. The van der Waals surface area contributed by atoms with Gasteiger partial charge < -0.3 is 14.7 Å². The quantitative estimate of drug-likeness (QED) is 0.868. The number of rotatable bonds is 5. The van der Waals surface area contributed by atoms with Gasteiger partial charge in [-0.05, 0) is 32.0 Å². The van der Waals surface area contributed by atoms with Crippen LogP contribution >= 0.6 is 0 Å². The van der Waals surface area contributed by atoms with Crippen molar-refractivity contribution in [3.05, 3.63) is 5.89 Å². The summed E-state index contributed by atoms with van der Waals surface area (Å²) in [6.07, 6.45) is 7.16. The van der Waals surface area contributed by atoms with Crippen LogP contribution in [0.4, 0.5) is 5.95 Å². The zero-order chi connectivity index (χ0) is 13.0. The van der Waals surface area contributed by atoms with E-state index in [0.29, 0.717) is 5.95 Å². The molecule has 1 aliphatic rings. The summed E-state index contributed by atoms with van der Waals surface area (Å²) in [5.74, 6) is 1.44. The van der Waals surface area contributed by atoms with Crippen LogP contribution in [0.15, 0.2) is 4.52 Å². The highest BCUT2D eigenvalue weighted by Gasteiger charge is 2.32. The van der Waals surface area contributed by atoms with Gasteiger partial charge in [-0.25, -0.2) is 0 Å². The van der Waals surface area contributed by atoms with Crippen molar-refractivity contribution >= 4 is 5.95 Å². The van der Waals surface area contributed by atoms with Crippen LogP contribution in [0.3, 0.4) is 0 Å². The Kier molecular flexibility index (Phi) is 4.22. The molecule has 0 saturated heterocycles. The number of likely N-dealkylation sites (N-methyl/N-ethyl adjacent to an activating group) is 1. The Morgan fingerprint density at radius 2 is 2.06 bits per heavy atom. The molecular formula is C13H24N4O. The highest BCUT2D eigenvalue weighted by Crippen LogP contribution is 2.30. The van der Waals surface area contributed by atoms with E-state index < -0.39 is 0 Å². The van der Waals surface area contributed by atoms with Gasteiger partial charge in [0.25, 0.3) is 5.95 Å². The van der Waals surface area contributed by atoms with Gasteiger partial charge in [-0.2, -0.15) is 4.98 Å². The third kappa shape index (κ3) is 2.83. The maximum absolute atomic E-state index is 5.37. The van der Waals surface area contributed by atoms with Crippen LogP contribution < -0.4 is 10.2 Å². The molecule has 0 unspecified atom stereocenters. The zero-order valence-electron chi connectivity index (χ0n) is 11.7. The Hall–Kier alpha value is -1.10. The van der Waals surface area contributed by atoms with E-state index in [1.807, 2.05) is 19.0 Å². The minimum absolute atomic E-state index is 0.160. The molecule has 1 fully saturated rings. The number of nitrogens with one attached hydrogen (secondary N) is 1. The topological polar surface area (TPSA) is 54.2 Å². The maximum atomic E-state index is 5.37. The third-order valence-electron chi connectivity index (χ3n) is 4.10. The van der Waals surface area contributed by atoms with Crippen molar-refractivity contribution in [2.75, 3.05) is 25.5 Å². The van der Waals surface area contributed by atoms with Crippen LogP contribution in [0.5, 0.6) is 0 Å². The molecule has 5 heteroatoms. The van der Waals surface area contributed by atoms with Crippen LogP contribution in [0.25, 0.3) is 0 Å². The maximum Gasteiger partial charge on any atom is 0.265 e. The summed E-state index contributed by atoms with van der Waals surface area (Å²) in [4.78, 5) is 6.46. The van der Waals surface area contributed by atoms with Gasteiger partial charge in [0.2, 0.25) is 5.89 Å². The van der Waals surface area contributed by atoms with E-state index in [4.69, 9.17) is 4.52 Å². The fourth-order valence-electron chi connectivity index (χ4n) is 2.65. The highest BCUT2D eigenvalue weighted by molar-refractivity contribution is 5.25. The summed E-state index contributed by atoms with van der Waals surface area (Å²) >= 11 is 0. The van der Waals surface area contributed by atoms with Gasteiger partial charge >= 0.3 is 0 Å². The summed E-state index contributed by atoms with van der Waals surface area (Å²) < 4.78 is 5.37. The van der Waals surface area contributed by atoms with E-state index in [0.717, 1.165) is 18.9 Å². The van der Waals surface area contributed by atoms with Crippen molar-refractivity contribution in [2.45, 2.75) is 51.0 Å². The molecule has 1 aromatic rings. The molecule has 2 rings (SSSR count). The van der Waals surface area contributed by atoms with Crippen molar-refractivity contribution in [2.24, 2.45) is 0 Å². The zero-order valence-corrected chi connectivity index (χ0v) is 11.7. The first-order chi connectivity index (χ1) is 8.69. The molecule has 0 bridgehead atoms. The van der Waals surface area contributed by atoms with Gasteiger partial charge in [0.15, 0.2) is 0 Å². The molecule has 0 aromatic carbocycles. The Morgan fingerprint density at radius 3 is 2.67 bits per heavy atom. The summed E-state index contributed by atoms with van der Waals surface area (Å²) in [6.45, 7) is 2.96. The molecule has 1 heterocycles. The standard InChI is InChI=1S/C13H24N4O/c1-4-17(3)12-15-11(18-16-12)10-13(14-2)8-6-5-7-9-13/h14H,4-10H2,1-3H3. The van der Waals surface area contributed by atoms with E-state index in [2.05, 4.69) is 22.4 Å². The van der Waals surface area contributed by atoms with Crippen molar-refractivity contribution in [3.63, 3.8) is 0 Å². The predicted octanol–water partition coefficient (Wildman–Crippen LogP) is 1.99. The monoisotopic (exact) mass is 252 g/mol. The number of hydrogen-bond donors (Lipinski definition) is 1. The van der Waals surface area contributed by atoms with Crippen LogP contribution in [-0.2, 0) is 6.42 Å². The normalized spacial score (nSPS) is 18.8. The lowest BCUT2D eigenvalue weighted by Gasteiger charge is -2.36. The van der Waals surface area contributed by atoms with Crippen molar-refractivity contribution in [3.8, 4) is 0 Å². The van der Waals surface area contributed by atoms with Crippen molar-refractivity contribution in [1.29, 1.82) is 0 Å². The first-order valence-electron chi connectivity index (χ1n) is 6.92. The minimum atomic E-state index is 0.160. The molecule has 1 aliphatic carbocycles. The second-order valence-corrected chi connectivity index (χ2v) is 5.27. The summed E-state index contributed by atoms with van der Waals surface area (Å²) in [6, 6.07) is 0. The second kappa shape index (κ2) is 5.69. The van der Waals surface area contributed by atoms with E-state index in [-0.39, 0.29) is 5.54 Å². The van der Waals surface area contributed by atoms with Crippen LogP contribution in [0, 0.1) is 0 Å². The van der Waals surface area contributed by atoms with E-state index >= 15 is 0 Å². The first kappa shape index (κ1) is 13.3. The molecule has 1 saturated carbocycles. The van der Waals surface area contributed by atoms with Crippen LogP contribution in [0.2, 0.25) is 0 Å². The molecule has 0 spiro atoms. The second-order valence-electron chi connectivity index (χ2n) is 5.27. The number of anilines is 1. The van der Waals surface area contributed by atoms with Gasteiger partial charge in [-0.1, -0.05) is 19.3 Å².